The van der Waals surface area contributed by atoms with Crippen molar-refractivity contribution in [3.63, 3.8) is 0 Å². The second-order valence-electron chi connectivity index (χ2n) is 8.76. The van der Waals surface area contributed by atoms with Gasteiger partial charge in [0.25, 0.3) is 0 Å². The molecule has 12 heteroatoms. The van der Waals surface area contributed by atoms with Crippen molar-refractivity contribution in [2.45, 2.75) is 36.2 Å². The number of carbonyl (C=O) groups excluding carboxylic acids is 1. The SMILES string of the molecule is COc1ccc(OCCN2C[C@H]3CCC[C@@H](C2=O)N3S(=O)(=O)c2ccc3[nH]c(=O)sc3c2)cc1OC. The summed E-state index contributed by atoms with van der Waals surface area (Å²) < 4.78 is 45.6. The van der Waals surface area contributed by atoms with E-state index in [1.54, 1.807) is 43.4 Å². The highest BCUT2D eigenvalue weighted by Crippen LogP contribution is 2.36. The molecule has 2 atom stereocenters. The summed E-state index contributed by atoms with van der Waals surface area (Å²) in [5.74, 6) is 1.52. The average molecular weight is 534 g/mol. The lowest BCUT2D eigenvalue weighted by Gasteiger charge is -2.48. The second-order valence-corrected chi connectivity index (χ2v) is 11.6. The zero-order chi connectivity index (χ0) is 25.4. The highest BCUT2D eigenvalue weighted by atomic mass is 32.2. The highest BCUT2D eigenvalue weighted by Gasteiger charge is 2.48. The fourth-order valence-corrected chi connectivity index (χ4v) is 7.66. The van der Waals surface area contributed by atoms with E-state index < -0.39 is 16.1 Å². The molecule has 1 aromatic heterocycles. The molecule has 1 amide bonds. The number of benzene rings is 2. The van der Waals surface area contributed by atoms with Crippen molar-refractivity contribution in [1.29, 1.82) is 0 Å². The third kappa shape index (κ3) is 4.44. The molecule has 5 rings (SSSR count). The van der Waals surface area contributed by atoms with Gasteiger partial charge in [0.1, 0.15) is 18.4 Å². The number of nitrogens with zero attached hydrogens (tertiary/aromatic N) is 2. The summed E-state index contributed by atoms with van der Waals surface area (Å²) in [7, 11) is -0.814. The molecule has 10 nitrogen and oxygen atoms in total. The Hall–Kier alpha value is -3.09. The van der Waals surface area contributed by atoms with Crippen LogP contribution in [0.1, 0.15) is 19.3 Å². The lowest BCUT2D eigenvalue weighted by atomic mass is 9.93. The zero-order valence-electron chi connectivity index (χ0n) is 19.9. The van der Waals surface area contributed by atoms with E-state index in [1.165, 1.54) is 16.4 Å². The van der Waals surface area contributed by atoms with Gasteiger partial charge in [0, 0.05) is 18.7 Å². The molecule has 0 spiro atoms. The largest absolute Gasteiger partial charge is 0.493 e. The van der Waals surface area contributed by atoms with Crippen molar-refractivity contribution < 1.29 is 27.4 Å². The first-order chi connectivity index (χ1) is 17.3. The van der Waals surface area contributed by atoms with Gasteiger partial charge in [0.05, 0.1) is 35.9 Å². The molecule has 1 N–H and O–H groups in total. The van der Waals surface area contributed by atoms with Crippen LogP contribution in [0.5, 0.6) is 17.2 Å². The third-order valence-electron chi connectivity index (χ3n) is 6.66. The van der Waals surface area contributed by atoms with Crippen LogP contribution in [0.4, 0.5) is 0 Å². The number of aromatic nitrogens is 1. The number of ether oxygens (including phenoxy) is 3. The Morgan fingerprint density at radius 3 is 2.64 bits per heavy atom. The van der Waals surface area contributed by atoms with Gasteiger partial charge in [0.2, 0.25) is 15.9 Å². The number of methoxy groups -OCH3 is 2. The first-order valence-electron chi connectivity index (χ1n) is 11.6. The Balaban J connectivity index is 1.30. The van der Waals surface area contributed by atoms with E-state index in [1.807, 2.05) is 0 Å². The fourth-order valence-electron chi connectivity index (χ4n) is 4.97. The molecule has 2 aromatic carbocycles. The molecule has 2 bridgehead atoms. The predicted molar refractivity (Wildman–Crippen MR) is 135 cm³/mol. The molecule has 3 aromatic rings. The quantitative estimate of drug-likeness (QED) is 0.473. The van der Waals surface area contributed by atoms with Gasteiger partial charge in [0.15, 0.2) is 11.5 Å². The maximum Gasteiger partial charge on any atom is 0.305 e. The number of likely N-dealkylation sites (tertiary alicyclic amines) is 1. The number of fused-ring (bicyclic) bond motifs is 3. The van der Waals surface area contributed by atoms with Crippen molar-refractivity contribution in [1.82, 2.24) is 14.2 Å². The third-order valence-corrected chi connectivity index (χ3v) is 9.47. The maximum absolute atomic E-state index is 13.6. The molecule has 0 radical (unpaired) electrons. The van der Waals surface area contributed by atoms with Crippen molar-refractivity contribution in [3.8, 4) is 17.2 Å². The first-order valence-corrected chi connectivity index (χ1v) is 13.9. The van der Waals surface area contributed by atoms with Crippen LogP contribution in [0.25, 0.3) is 10.2 Å². The first kappa shape index (κ1) is 24.6. The monoisotopic (exact) mass is 533 g/mol. The van der Waals surface area contributed by atoms with Crippen LogP contribution in [0.15, 0.2) is 46.1 Å². The van der Waals surface area contributed by atoms with Crippen LogP contribution in [0.2, 0.25) is 0 Å². The van der Waals surface area contributed by atoms with Crippen molar-refractivity contribution in [2.75, 3.05) is 33.9 Å². The molecule has 36 heavy (non-hydrogen) atoms. The smallest absolute Gasteiger partial charge is 0.305 e. The average Bonchev–Trinajstić information content (AvgIpc) is 3.25. The standard InChI is InChI=1S/C24H27N3O7S2/c1-32-20-9-6-16(12-21(20)33-2)34-11-10-26-14-15-4-3-5-19(23(26)28)27(15)36(30,31)17-7-8-18-22(13-17)35-24(29)25-18/h6-9,12-13,15,19H,3-5,10-11,14H2,1-2H3,(H,25,29)/t15-,19+/m1/s1. The summed E-state index contributed by atoms with van der Waals surface area (Å²) in [5, 5.41) is 0. The lowest BCUT2D eigenvalue weighted by molar-refractivity contribution is -0.143. The number of rotatable bonds is 8. The van der Waals surface area contributed by atoms with Gasteiger partial charge >= 0.3 is 4.87 Å². The topological polar surface area (TPSA) is 118 Å². The summed E-state index contributed by atoms with van der Waals surface area (Å²) in [6, 6.07) is 8.77. The number of hydrogen-bond donors (Lipinski definition) is 1. The number of thiazole rings is 1. The molecule has 192 valence electrons. The summed E-state index contributed by atoms with van der Waals surface area (Å²) in [4.78, 5) is 29.2. The minimum Gasteiger partial charge on any atom is -0.493 e. The molecule has 0 aliphatic carbocycles. The molecule has 0 unspecified atom stereocenters. The number of aromatic amines is 1. The Morgan fingerprint density at radius 2 is 1.86 bits per heavy atom. The van der Waals surface area contributed by atoms with E-state index in [-0.39, 0.29) is 28.3 Å². The van der Waals surface area contributed by atoms with Crippen LogP contribution in [-0.2, 0) is 14.8 Å². The molecule has 2 fully saturated rings. The fraction of sp³-hybridized carbons (Fsp3) is 0.417. The van der Waals surface area contributed by atoms with Gasteiger partial charge in [-0.1, -0.05) is 11.3 Å². The Bertz CT molecular complexity index is 1450. The van der Waals surface area contributed by atoms with Crippen LogP contribution in [-0.4, -0.2) is 74.5 Å². The van der Waals surface area contributed by atoms with Crippen LogP contribution in [0.3, 0.4) is 0 Å². The normalized spacial score (nSPS) is 20.5. The van der Waals surface area contributed by atoms with E-state index in [0.29, 0.717) is 53.4 Å². The number of amides is 1. The number of H-pyrrole nitrogens is 1. The molecule has 2 aliphatic rings. The van der Waals surface area contributed by atoms with Gasteiger partial charge < -0.3 is 24.1 Å². The molecule has 2 saturated heterocycles. The lowest BCUT2D eigenvalue weighted by Crippen LogP contribution is -2.65. The minimum atomic E-state index is -3.92. The van der Waals surface area contributed by atoms with Crippen molar-refractivity contribution in [2.24, 2.45) is 0 Å². The van der Waals surface area contributed by atoms with Crippen LogP contribution in [0, 0.1) is 0 Å². The maximum atomic E-state index is 13.6. The number of piperidine rings is 1. The summed E-state index contributed by atoms with van der Waals surface area (Å²) >= 11 is 0.965. The van der Waals surface area contributed by atoms with Gasteiger partial charge in [-0.15, -0.1) is 0 Å². The van der Waals surface area contributed by atoms with Gasteiger partial charge in [-0.25, -0.2) is 8.42 Å². The molecule has 2 aliphatic heterocycles. The Labute approximate surface area is 212 Å². The van der Waals surface area contributed by atoms with Crippen LogP contribution < -0.4 is 19.1 Å². The number of hydrogen-bond acceptors (Lipinski definition) is 8. The van der Waals surface area contributed by atoms with Gasteiger partial charge in [-0.3, -0.25) is 9.59 Å². The van der Waals surface area contributed by atoms with Crippen molar-refractivity contribution in [3.05, 3.63) is 46.1 Å². The molecule has 0 saturated carbocycles. The minimum absolute atomic E-state index is 0.0974. The summed E-state index contributed by atoms with van der Waals surface area (Å²) in [5.41, 5.74) is 0.597. The van der Waals surface area contributed by atoms with Gasteiger partial charge in [-0.05, 0) is 49.6 Å². The predicted octanol–water partition coefficient (Wildman–Crippen LogP) is 2.44. The molecule has 3 heterocycles. The number of piperazine rings is 1. The number of nitrogens with one attached hydrogen (secondary N) is 1. The van der Waals surface area contributed by atoms with E-state index in [9.17, 15) is 18.0 Å². The van der Waals surface area contributed by atoms with E-state index in [2.05, 4.69) is 4.98 Å². The van der Waals surface area contributed by atoms with E-state index >= 15 is 0 Å². The summed E-state index contributed by atoms with van der Waals surface area (Å²) in [6.45, 7) is 0.914. The Morgan fingerprint density at radius 1 is 1.06 bits per heavy atom. The number of carbonyl (C=O) groups is 1. The Kier molecular flexibility index (Phi) is 6.66. The highest BCUT2D eigenvalue weighted by molar-refractivity contribution is 7.89. The molecular weight excluding hydrogens is 506 g/mol. The number of sulfonamides is 1. The van der Waals surface area contributed by atoms with Crippen LogP contribution >= 0.6 is 11.3 Å². The van der Waals surface area contributed by atoms with E-state index in [4.69, 9.17) is 14.2 Å². The molecular formula is C24H27N3O7S2. The van der Waals surface area contributed by atoms with Gasteiger partial charge in [-0.2, -0.15) is 4.31 Å². The zero-order valence-corrected chi connectivity index (χ0v) is 21.6. The van der Waals surface area contributed by atoms with E-state index in [0.717, 1.165) is 17.8 Å². The second kappa shape index (κ2) is 9.75. The summed E-state index contributed by atoms with van der Waals surface area (Å²) in [6.07, 6.45) is 1.94. The van der Waals surface area contributed by atoms with Crippen molar-refractivity contribution >= 4 is 37.5 Å².